The minimum atomic E-state index is -0.432. The van der Waals surface area contributed by atoms with Crippen molar-refractivity contribution in [1.29, 1.82) is 0 Å². The van der Waals surface area contributed by atoms with E-state index in [1.807, 2.05) is 6.92 Å². The normalized spacial score (nSPS) is 24.2. The highest BCUT2D eigenvalue weighted by Crippen LogP contribution is 2.24. The molecule has 1 fully saturated rings. The summed E-state index contributed by atoms with van der Waals surface area (Å²) in [4.78, 5) is 12.0. The van der Waals surface area contributed by atoms with Crippen molar-refractivity contribution in [2.24, 2.45) is 5.92 Å². The topological polar surface area (TPSA) is 47.6 Å². The lowest BCUT2D eigenvalue weighted by Crippen LogP contribution is -2.48. The summed E-state index contributed by atoms with van der Waals surface area (Å²) in [5.41, 5.74) is -0.432. The van der Waals surface area contributed by atoms with Gasteiger partial charge < -0.3 is 14.8 Å². The van der Waals surface area contributed by atoms with Crippen LogP contribution < -0.4 is 5.32 Å². The van der Waals surface area contributed by atoms with E-state index in [9.17, 15) is 4.79 Å². The lowest BCUT2D eigenvalue weighted by Gasteiger charge is -2.25. The number of carbonyl (C=O) groups is 1. The third-order valence-electron chi connectivity index (χ3n) is 3.15. The molecule has 0 spiro atoms. The van der Waals surface area contributed by atoms with Crippen molar-refractivity contribution in [1.82, 2.24) is 5.32 Å². The van der Waals surface area contributed by atoms with Crippen molar-refractivity contribution < 1.29 is 14.3 Å². The smallest absolute Gasteiger partial charge is 0.326 e. The van der Waals surface area contributed by atoms with Crippen LogP contribution in [0, 0.1) is 5.92 Å². The zero-order valence-electron chi connectivity index (χ0n) is 11.3. The van der Waals surface area contributed by atoms with Crippen LogP contribution >= 0.6 is 0 Å². The molecule has 1 atom stereocenters. The Bertz CT molecular complexity index is 235. The predicted molar refractivity (Wildman–Crippen MR) is 66.9 cm³/mol. The summed E-state index contributed by atoms with van der Waals surface area (Å²) in [7, 11) is 0. The summed E-state index contributed by atoms with van der Waals surface area (Å²) in [6, 6.07) is 0. The van der Waals surface area contributed by atoms with E-state index in [-0.39, 0.29) is 5.97 Å². The van der Waals surface area contributed by atoms with Crippen LogP contribution in [0.2, 0.25) is 0 Å². The molecule has 1 saturated heterocycles. The second kappa shape index (κ2) is 6.97. The monoisotopic (exact) mass is 243 g/mol. The number of hydrogen-bond donors (Lipinski definition) is 1. The van der Waals surface area contributed by atoms with E-state index in [1.54, 1.807) is 0 Å². The van der Waals surface area contributed by atoms with Crippen LogP contribution in [0.25, 0.3) is 0 Å². The van der Waals surface area contributed by atoms with Gasteiger partial charge in [0.25, 0.3) is 0 Å². The Morgan fingerprint density at radius 1 is 1.41 bits per heavy atom. The molecule has 1 unspecified atom stereocenters. The number of nitrogens with one attached hydrogen (secondary N) is 1. The molecule has 0 bridgehead atoms. The highest BCUT2D eigenvalue weighted by molar-refractivity contribution is 5.81. The Labute approximate surface area is 104 Å². The van der Waals surface area contributed by atoms with E-state index in [2.05, 4.69) is 19.2 Å². The van der Waals surface area contributed by atoms with Gasteiger partial charge in [-0.05, 0) is 31.7 Å². The summed E-state index contributed by atoms with van der Waals surface area (Å²) in [5, 5.41) is 3.26. The van der Waals surface area contributed by atoms with Gasteiger partial charge in [-0.3, -0.25) is 4.79 Å². The number of esters is 1. The van der Waals surface area contributed by atoms with Crippen LogP contribution in [0.3, 0.4) is 0 Å². The average molecular weight is 243 g/mol. The summed E-state index contributed by atoms with van der Waals surface area (Å²) < 4.78 is 10.7. The molecule has 0 aliphatic carbocycles. The maximum atomic E-state index is 12.0. The highest BCUT2D eigenvalue weighted by Gasteiger charge is 2.40. The Morgan fingerprint density at radius 3 is 2.71 bits per heavy atom. The molecule has 100 valence electrons. The fourth-order valence-electron chi connectivity index (χ4n) is 2.08. The fourth-order valence-corrected chi connectivity index (χ4v) is 2.08. The minimum absolute atomic E-state index is 0.120. The number of ether oxygens (including phenoxy) is 2. The first kappa shape index (κ1) is 14.5. The predicted octanol–water partition coefficient (Wildman–Crippen LogP) is 1.73. The fraction of sp³-hybridized carbons (Fsp3) is 0.923. The second-order valence-corrected chi connectivity index (χ2v) is 5.07. The molecule has 4 nitrogen and oxygen atoms in total. The van der Waals surface area contributed by atoms with Crippen LogP contribution in [0.5, 0.6) is 0 Å². The molecule has 1 aliphatic heterocycles. The molecular weight excluding hydrogens is 218 g/mol. The zero-order chi connectivity index (χ0) is 12.7. The Morgan fingerprint density at radius 2 is 2.18 bits per heavy atom. The standard InChI is InChI=1S/C13H25NO3/c1-4-13(6-5-7-14-13)12(15)17-9-8-16-10-11(2)3/h11,14H,4-10H2,1-3H3. The largest absolute Gasteiger partial charge is 0.462 e. The molecule has 17 heavy (non-hydrogen) atoms. The quantitative estimate of drug-likeness (QED) is 0.546. The first-order chi connectivity index (χ1) is 8.10. The molecule has 1 aliphatic rings. The minimum Gasteiger partial charge on any atom is -0.462 e. The summed E-state index contributed by atoms with van der Waals surface area (Å²) >= 11 is 0. The van der Waals surface area contributed by atoms with E-state index in [0.717, 1.165) is 25.8 Å². The lowest BCUT2D eigenvalue weighted by molar-refractivity contribution is -0.153. The third kappa shape index (κ3) is 4.28. The van der Waals surface area contributed by atoms with Crippen LogP contribution in [0.4, 0.5) is 0 Å². The Balaban J connectivity index is 2.20. The second-order valence-electron chi connectivity index (χ2n) is 5.07. The molecule has 1 heterocycles. The molecule has 0 aromatic heterocycles. The maximum absolute atomic E-state index is 12.0. The molecule has 0 saturated carbocycles. The molecular formula is C13H25NO3. The molecule has 1 N–H and O–H groups in total. The van der Waals surface area contributed by atoms with Crippen molar-refractivity contribution in [2.45, 2.75) is 45.6 Å². The van der Waals surface area contributed by atoms with Gasteiger partial charge in [0.2, 0.25) is 0 Å². The van der Waals surface area contributed by atoms with E-state index < -0.39 is 5.54 Å². The summed E-state index contributed by atoms with van der Waals surface area (Å²) in [5.74, 6) is 0.398. The molecule has 0 aromatic rings. The zero-order valence-corrected chi connectivity index (χ0v) is 11.3. The van der Waals surface area contributed by atoms with Gasteiger partial charge >= 0.3 is 5.97 Å². The van der Waals surface area contributed by atoms with Gasteiger partial charge in [-0.15, -0.1) is 0 Å². The lowest BCUT2D eigenvalue weighted by atomic mass is 9.94. The first-order valence-electron chi connectivity index (χ1n) is 6.60. The molecule has 0 aromatic carbocycles. The van der Waals surface area contributed by atoms with E-state index in [4.69, 9.17) is 9.47 Å². The van der Waals surface area contributed by atoms with Crippen LogP contribution in [0.15, 0.2) is 0 Å². The number of rotatable bonds is 7. The number of hydrogen-bond acceptors (Lipinski definition) is 4. The third-order valence-corrected chi connectivity index (χ3v) is 3.15. The van der Waals surface area contributed by atoms with Crippen molar-refractivity contribution in [3.05, 3.63) is 0 Å². The average Bonchev–Trinajstić information content (AvgIpc) is 2.77. The van der Waals surface area contributed by atoms with Gasteiger partial charge in [-0.2, -0.15) is 0 Å². The van der Waals surface area contributed by atoms with Gasteiger partial charge in [0.1, 0.15) is 12.1 Å². The summed E-state index contributed by atoms with van der Waals surface area (Å²) in [6.07, 6.45) is 2.72. The van der Waals surface area contributed by atoms with Gasteiger partial charge in [0.05, 0.1) is 6.61 Å². The van der Waals surface area contributed by atoms with E-state index in [0.29, 0.717) is 25.7 Å². The van der Waals surface area contributed by atoms with Crippen LogP contribution in [-0.4, -0.2) is 37.9 Å². The van der Waals surface area contributed by atoms with Crippen molar-refractivity contribution >= 4 is 5.97 Å². The van der Waals surface area contributed by atoms with Gasteiger partial charge in [0.15, 0.2) is 0 Å². The van der Waals surface area contributed by atoms with Crippen LogP contribution in [0.1, 0.15) is 40.0 Å². The maximum Gasteiger partial charge on any atom is 0.326 e. The van der Waals surface area contributed by atoms with Gasteiger partial charge in [-0.25, -0.2) is 0 Å². The van der Waals surface area contributed by atoms with Crippen molar-refractivity contribution in [3.8, 4) is 0 Å². The molecule has 1 rings (SSSR count). The molecule has 4 heteroatoms. The SMILES string of the molecule is CCC1(C(=O)OCCOCC(C)C)CCCN1. The Kier molecular flexibility index (Phi) is 5.92. The highest BCUT2D eigenvalue weighted by atomic mass is 16.6. The van der Waals surface area contributed by atoms with Crippen molar-refractivity contribution in [3.63, 3.8) is 0 Å². The van der Waals surface area contributed by atoms with E-state index in [1.165, 1.54) is 0 Å². The summed E-state index contributed by atoms with van der Waals surface area (Å²) in [6.45, 7) is 8.69. The molecule has 0 amide bonds. The van der Waals surface area contributed by atoms with E-state index >= 15 is 0 Å². The first-order valence-corrected chi connectivity index (χ1v) is 6.60. The van der Waals surface area contributed by atoms with Crippen LogP contribution in [-0.2, 0) is 14.3 Å². The van der Waals surface area contributed by atoms with Gasteiger partial charge in [-0.1, -0.05) is 20.8 Å². The van der Waals surface area contributed by atoms with Crippen molar-refractivity contribution in [2.75, 3.05) is 26.4 Å². The Hall–Kier alpha value is -0.610. The molecule has 0 radical (unpaired) electrons. The van der Waals surface area contributed by atoms with Gasteiger partial charge in [0, 0.05) is 6.61 Å². The number of carbonyl (C=O) groups excluding carboxylic acids is 1.